The fourth-order valence-corrected chi connectivity index (χ4v) is 6.77. The first-order chi connectivity index (χ1) is 23.4. The van der Waals surface area contributed by atoms with E-state index in [2.05, 4.69) is 0 Å². The highest BCUT2D eigenvalue weighted by Crippen LogP contribution is 2.63. The van der Waals surface area contributed by atoms with Gasteiger partial charge in [-0.25, -0.2) is 26.7 Å². The van der Waals surface area contributed by atoms with Crippen molar-refractivity contribution in [3.8, 4) is 17.2 Å². The van der Waals surface area contributed by atoms with E-state index in [1.54, 1.807) is 45.0 Å². The summed E-state index contributed by atoms with van der Waals surface area (Å²) >= 11 is 0. The van der Waals surface area contributed by atoms with Crippen molar-refractivity contribution in [2.45, 2.75) is 32.1 Å². The molecule has 0 spiro atoms. The first-order valence-electron chi connectivity index (χ1n) is 15.4. The molecule has 0 atom stereocenters. The van der Waals surface area contributed by atoms with E-state index in [-0.39, 0.29) is 23.7 Å². The van der Waals surface area contributed by atoms with Gasteiger partial charge >= 0.3 is 11.9 Å². The maximum absolute atomic E-state index is 14.8. The lowest BCUT2D eigenvalue weighted by Crippen LogP contribution is -2.47. The molecule has 3 aliphatic carbocycles. The van der Waals surface area contributed by atoms with Gasteiger partial charge in [-0.15, -0.1) is 0 Å². The average molecular weight is 671 g/mol. The molecule has 10 heteroatoms. The van der Waals surface area contributed by atoms with E-state index in [0.29, 0.717) is 11.3 Å². The molecule has 5 aromatic rings. The van der Waals surface area contributed by atoms with Crippen molar-refractivity contribution in [3.05, 3.63) is 159 Å². The molecule has 0 aliphatic heterocycles. The number of hydrogen-bond donors (Lipinski definition) is 0. The summed E-state index contributed by atoms with van der Waals surface area (Å²) in [5.41, 5.74) is -0.0281. The van der Waals surface area contributed by atoms with Gasteiger partial charge in [0.1, 0.15) is 29.4 Å². The molecule has 248 valence electrons. The van der Waals surface area contributed by atoms with Gasteiger partial charge in [-0.05, 0) is 67.3 Å². The van der Waals surface area contributed by atoms with Gasteiger partial charge in [0.25, 0.3) is 0 Å². The van der Waals surface area contributed by atoms with Crippen LogP contribution in [0.5, 0.6) is 17.2 Å². The summed E-state index contributed by atoms with van der Waals surface area (Å²) in [6.45, 7) is 4.98. The Kier molecular flexibility index (Phi) is 7.57. The molecular weight excluding hydrogens is 643 g/mol. The maximum atomic E-state index is 14.8. The topological polar surface area (TPSA) is 61.8 Å². The molecular formula is C39H27F5O5. The van der Waals surface area contributed by atoms with Crippen LogP contribution in [0.4, 0.5) is 22.0 Å². The van der Waals surface area contributed by atoms with E-state index in [1.807, 2.05) is 54.6 Å². The zero-order chi connectivity index (χ0) is 34.8. The minimum absolute atomic E-state index is 0.0888. The molecule has 0 fully saturated rings. The van der Waals surface area contributed by atoms with Gasteiger partial charge in [0.15, 0.2) is 23.3 Å². The molecule has 3 aliphatic rings. The number of ether oxygens (including phenoxy) is 3. The van der Waals surface area contributed by atoms with Crippen molar-refractivity contribution >= 4 is 11.9 Å². The lowest BCUT2D eigenvalue weighted by atomic mass is 9.53. The Bertz CT molecular complexity index is 2100. The third kappa shape index (κ3) is 4.88. The summed E-state index contributed by atoms with van der Waals surface area (Å²) in [5.74, 6) is -14.2. The van der Waals surface area contributed by atoms with Crippen molar-refractivity contribution in [3.63, 3.8) is 0 Å². The smallest absolute Gasteiger partial charge is 0.349 e. The predicted octanol–water partition coefficient (Wildman–Crippen LogP) is 8.77. The van der Waals surface area contributed by atoms with Gasteiger partial charge in [0.2, 0.25) is 5.82 Å². The number of benzene rings is 5. The van der Waals surface area contributed by atoms with Gasteiger partial charge in [0.05, 0.1) is 10.8 Å². The van der Waals surface area contributed by atoms with Crippen LogP contribution in [0.1, 0.15) is 70.4 Å². The minimum atomic E-state index is -2.41. The van der Waals surface area contributed by atoms with E-state index in [1.165, 1.54) is 12.1 Å². The van der Waals surface area contributed by atoms with Crippen LogP contribution in [0.3, 0.4) is 0 Å². The number of hydrogen-bond acceptors (Lipinski definition) is 5. The number of para-hydroxylation sites is 1. The highest BCUT2D eigenvalue weighted by molar-refractivity contribution is 5.93. The average Bonchev–Trinajstić information content (AvgIpc) is 3.10. The molecule has 2 bridgehead atoms. The van der Waals surface area contributed by atoms with E-state index < -0.39 is 63.3 Å². The Hall–Kier alpha value is -5.51. The van der Waals surface area contributed by atoms with Gasteiger partial charge in [-0.3, -0.25) is 4.79 Å². The lowest BCUT2D eigenvalue weighted by Gasteiger charge is -2.50. The quantitative estimate of drug-likeness (QED) is 0.0595. The van der Waals surface area contributed by atoms with Crippen LogP contribution < -0.4 is 14.2 Å². The van der Waals surface area contributed by atoms with Crippen LogP contribution >= 0.6 is 0 Å². The summed E-state index contributed by atoms with van der Waals surface area (Å²) < 4.78 is 90.0. The predicted molar refractivity (Wildman–Crippen MR) is 168 cm³/mol. The zero-order valence-corrected chi connectivity index (χ0v) is 26.4. The third-order valence-corrected chi connectivity index (χ3v) is 8.98. The highest BCUT2D eigenvalue weighted by Gasteiger charge is 2.55. The molecule has 0 unspecified atom stereocenters. The molecule has 5 nitrogen and oxygen atoms in total. The van der Waals surface area contributed by atoms with E-state index in [0.717, 1.165) is 22.3 Å². The summed E-state index contributed by atoms with van der Waals surface area (Å²) in [6.07, 6.45) is 0. The maximum Gasteiger partial charge on any atom is 0.349 e. The third-order valence-electron chi connectivity index (χ3n) is 8.98. The Labute approximate surface area is 277 Å². The standard InChI is InChI=1S/C39H27F5O5/c1-38(2,3)37(46)49-25-17-18-26(48-36(45)29-31(40)33(42)35(44)34(43)32(29)41)30-28(25)27-21-13-7-9-15-23(21)39(30,24-16-10-8-14-22(24)27)19-47-20-11-5-4-6-12-20/h4-18,27H,19H2,1-3H3. The van der Waals surface area contributed by atoms with Gasteiger partial charge < -0.3 is 14.2 Å². The molecule has 5 aromatic carbocycles. The van der Waals surface area contributed by atoms with Gasteiger partial charge in [-0.2, -0.15) is 0 Å². The first kappa shape index (κ1) is 32.1. The molecule has 0 aromatic heterocycles. The van der Waals surface area contributed by atoms with Crippen LogP contribution in [-0.4, -0.2) is 18.5 Å². The second kappa shape index (κ2) is 11.6. The molecule has 8 rings (SSSR count). The van der Waals surface area contributed by atoms with Crippen molar-refractivity contribution < 1.29 is 45.8 Å². The molecule has 0 heterocycles. The number of carbonyl (C=O) groups is 2. The number of carbonyl (C=O) groups excluding carboxylic acids is 2. The molecule has 0 saturated heterocycles. The second-order valence-electron chi connectivity index (χ2n) is 12.9. The summed E-state index contributed by atoms with van der Waals surface area (Å²) in [5, 5.41) is 0. The Morgan fingerprint density at radius 2 is 1.16 bits per heavy atom. The van der Waals surface area contributed by atoms with Crippen molar-refractivity contribution in [2.75, 3.05) is 6.61 Å². The largest absolute Gasteiger partial charge is 0.492 e. The highest BCUT2D eigenvalue weighted by atomic mass is 19.2. The number of esters is 2. The Morgan fingerprint density at radius 1 is 0.653 bits per heavy atom. The normalized spacial score (nSPS) is 17.1. The summed E-state index contributed by atoms with van der Waals surface area (Å²) in [4.78, 5) is 26.8. The molecule has 0 amide bonds. The van der Waals surface area contributed by atoms with E-state index >= 15 is 0 Å². The molecule has 0 N–H and O–H groups in total. The van der Waals surface area contributed by atoms with Crippen LogP contribution in [-0.2, 0) is 10.2 Å². The van der Waals surface area contributed by atoms with Crippen LogP contribution in [0.25, 0.3) is 0 Å². The molecule has 0 saturated carbocycles. The fourth-order valence-electron chi connectivity index (χ4n) is 6.77. The van der Waals surface area contributed by atoms with Gasteiger partial charge in [-0.1, -0.05) is 66.7 Å². The van der Waals surface area contributed by atoms with Crippen molar-refractivity contribution in [2.24, 2.45) is 5.41 Å². The summed E-state index contributed by atoms with van der Waals surface area (Å²) in [6, 6.07) is 26.6. The van der Waals surface area contributed by atoms with Crippen LogP contribution in [0.2, 0.25) is 0 Å². The SMILES string of the molecule is CC(C)(C)C(=O)Oc1ccc(OC(=O)c2c(F)c(F)c(F)c(F)c2F)c2c1C1c3ccccc3C2(COc2ccccc2)c2ccccc21. The monoisotopic (exact) mass is 670 g/mol. The fraction of sp³-hybridized carbons (Fsp3) is 0.179. The minimum Gasteiger partial charge on any atom is -0.492 e. The molecule has 0 radical (unpaired) electrons. The van der Waals surface area contributed by atoms with Gasteiger partial charge in [0, 0.05) is 17.0 Å². The summed E-state index contributed by atoms with van der Waals surface area (Å²) in [7, 11) is 0. The second-order valence-corrected chi connectivity index (χ2v) is 12.9. The van der Waals surface area contributed by atoms with Crippen molar-refractivity contribution in [1.29, 1.82) is 0 Å². The van der Waals surface area contributed by atoms with E-state index in [4.69, 9.17) is 14.2 Å². The zero-order valence-electron chi connectivity index (χ0n) is 26.4. The number of halogens is 5. The lowest BCUT2D eigenvalue weighted by molar-refractivity contribution is -0.143. The van der Waals surface area contributed by atoms with Crippen LogP contribution in [0.15, 0.2) is 91.0 Å². The Morgan fingerprint density at radius 3 is 1.73 bits per heavy atom. The van der Waals surface area contributed by atoms with E-state index in [9.17, 15) is 31.5 Å². The molecule has 49 heavy (non-hydrogen) atoms. The van der Waals surface area contributed by atoms with Crippen molar-refractivity contribution in [1.82, 2.24) is 0 Å². The van der Waals surface area contributed by atoms with Crippen LogP contribution in [0, 0.1) is 34.5 Å². The Balaban J connectivity index is 1.51. The number of rotatable bonds is 6. The first-order valence-corrected chi connectivity index (χ1v) is 15.4.